The Morgan fingerprint density at radius 2 is 0.366 bits per heavy atom. The summed E-state index contributed by atoms with van der Waals surface area (Å²) in [5.74, 6) is -6.11. The van der Waals surface area contributed by atoms with Gasteiger partial charge in [0.2, 0.25) is 0 Å². The van der Waals surface area contributed by atoms with Crippen LogP contribution in [0.15, 0.2) is 146 Å². The van der Waals surface area contributed by atoms with Gasteiger partial charge in [0.25, 0.3) is 0 Å². The molecule has 449 valence electrons. The van der Waals surface area contributed by atoms with Crippen molar-refractivity contribution in [1.29, 1.82) is 0 Å². The summed E-state index contributed by atoms with van der Waals surface area (Å²) in [5, 5.41) is 59.9. The van der Waals surface area contributed by atoms with Gasteiger partial charge in [-0.1, -0.05) is 94.2 Å². The Morgan fingerprint density at radius 3 is 0.463 bits per heavy atom. The number of carbonyl (C=O) groups excluding carboxylic acids is 6. The van der Waals surface area contributed by atoms with E-state index in [-0.39, 0.29) is 139 Å². The molecule has 6 rings (SSSR count). The topological polar surface area (TPSA) is 432 Å². The smallest absolute Gasteiger partial charge is 2.00 e. The van der Waals surface area contributed by atoms with E-state index in [0.717, 1.165) is 92.0 Å². The standard InChI is InChI=1S/3C10H8N2.3C9H16O4.Ni.4O.2U/c3*1-3-7-11-9(5-1)10-6-2-4-8-12-10;3*10-8(11)6-4-2-1-3-5-7-9(12)13;;;;;;;/h3*1-8H;3*1-7H2,(H,10,11)(H,12,13);;;;;;;/q;;;;;;+3;4*-2;;/p-6. The molecule has 0 aromatic carbocycles. The van der Waals surface area contributed by atoms with Gasteiger partial charge in [0, 0.05) is 135 Å². The molecule has 0 spiro atoms. The maximum Gasteiger partial charge on any atom is 3.00 e. The molecule has 82 heavy (non-hydrogen) atoms. The van der Waals surface area contributed by atoms with Crippen molar-refractivity contribution in [2.75, 3.05) is 0 Å². The fourth-order valence-electron chi connectivity index (χ4n) is 6.29. The monoisotopic (exact) mass is 1620 g/mol. The Morgan fingerprint density at radius 1 is 0.244 bits per heavy atom. The number of hydrogen-bond donors (Lipinski definition) is 0. The molecule has 6 aromatic rings. The minimum Gasteiger partial charge on any atom is -2.00 e. The number of rotatable bonds is 27. The van der Waals surface area contributed by atoms with Crippen LogP contribution in [-0.2, 0) is 67.2 Å². The van der Waals surface area contributed by atoms with Crippen molar-refractivity contribution in [3.63, 3.8) is 0 Å². The van der Waals surface area contributed by atoms with E-state index in [2.05, 4.69) is 29.9 Å². The third kappa shape index (κ3) is 56.0. The van der Waals surface area contributed by atoms with E-state index in [1.165, 1.54) is 0 Å². The summed E-state index contributed by atoms with van der Waals surface area (Å²) in [4.78, 5) is 85.0. The molecule has 0 saturated heterocycles. The summed E-state index contributed by atoms with van der Waals surface area (Å²) < 4.78 is 0. The summed E-state index contributed by atoms with van der Waals surface area (Å²) in [5.41, 5.74) is 5.49. The zero-order valence-corrected chi connectivity index (χ0v) is 54.6. The Hall–Kier alpha value is -5.84. The zero-order chi connectivity index (χ0) is 55.0. The number of hydrogen-bond acceptors (Lipinski definition) is 18. The average Bonchev–Trinajstić information content (AvgIpc) is 3.42. The number of pyridine rings is 6. The maximum atomic E-state index is 9.98. The molecule has 0 aliphatic heterocycles. The maximum absolute atomic E-state index is 9.98. The molecule has 0 bridgehead atoms. The van der Waals surface area contributed by atoms with E-state index in [0.29, 0.717) is 38.5 Å². The summed E-state index contributed by atoms with van der Waals surface area (Å²) in [7, 11) is 0. The van der Waals surface area contributed by atoms with Crippen LogP contribution in [0.5, 0.6) is 0 Å². The fraction of sp³-hybridized carbons (Fsp3) is 0.368. The number of carbonyl (C=O) groups is 6. The van der Waals surface area contributed by atoms with E-state index < -0.39 is 35.8 Å². The third-order valence-corrected chi connectivity index (χ3v) is 10.1. The second kappa shape index (κ2) is 62.8. The molecule has 0 amide bonds. The molecule has 6 heterocycles. The van der Waals surface area contributed by atoms with E-state index in [1.807, 2.05) is 109 Å². The van der Waals surface area contributed by atoms with Gasteiger partial charge < -0.3 is 81.3 Å². The number of unbranched alkanes of at least 4 members (excludes halogenated alkanes) is 12. The average molecular weight is 1630 g/mol. The molecule has 0 N–H and O–H groups in total. The molecule has 22 nitrogen and oxygen atoms in total. The predicted molar refractivity (Wildman–Crippen MR) is 272 cm³/mol. The number of carboxylic acids is 6. The van der Waals surface area contributed by atoms with Crippen molar-refractivity contribution < 1.29 is 160 Å². The van der Waals surface area contributed by atoms with Crippen molar-refractivity contribution >= 4 is 35.8 Å². The molecule has 0 unspecified atom stereocenters. The molecule has 0 aliphatic carbocycles. The van der Waals surface area contributed by atoms with Gasteiger partial charge in [0.1, 0.15) is 0 Å². The van der Waals surface area contributed by atoms with E-state index in [9.17, 15) is 59.4 Å². The van der Waals surface area contributed by atoms with Gasteiger partial charge in [-0.2, -0.15) is 0 Å². The summed E-state index contributed by atoms with van der Waals surface area (Å²) in [6, 6.07) is 34.8. The quantitative estimate of drug-likeness (QED) is 0.0525. The SMILES string of the molecule is O=C([O-])CCCCCCCC(=O)[O-].O=C([O-])CCCCCCCC(=O)[O-].O=C([O-])CCCCCCCC(=O)[O-].[Ni+3].[O-2].[O-2].[O-2].[O-2].[U].[U].c1ccc(-c2ccccn2)nc1.c1ccc(-c2ccccn2)nc1.c1ccc(-c2ccccn2)nc1. The first kappa shape index (κ1) is 89.9. The van der Waals surface area contributed by atoms with Crippen molar-refractivity contribution in [1.82, 2.24) is 29.9 Å². The number of nitrogens with zero attached hydrogens (tertiary/aromatic N) is 6. The molecule has 6 aromatic heterocycles. The number of carboxylic acid groups (broad SMARTS) is 6. The third-order valence-electron chi connectivity index (χ3n) is 10.1. The van der Waals surface area contributed by atoms with Crippen molar-refractivity contribution in [2.24, 2.45) is 0 Å². The first-order valence-corrected chi connectivity index (χ1v) is 24.9. The Balaban J connectivity index is -0.000000162. The number of aromatic nitrogens is 6. The summed E-state index contributed by atoms with van der Waals surface area (Å²) in [6.45, 7) is 0. The van der Waals surface area contributed by atoms with Crippen LogP contribution >= 0.6 is 0 Å². The minimum absolute atomic E-state index is 0. The van der Waals surface area contributed by atoms with Gasteiger partial charge in [-0.15, -0.1) is 0 Å². The van der Waals surface area contributed by atoms with E-state index in [4.69, 9.17) is 0 Å². The molecular formula is C57H66N6NiO16U2-11. The van der Waals surface area contributed by atoms with Crippen LogP contribution in [0.1, 0.15) is 135 Å². The molecule has 0 aliphatic rings. The van der Waals surface area contributed by atoms with Crippen LogP contribution in [0.25, 0.3) is 34.2 Å². The molecule has 0 atom stereocenters. The summed E-state index contributed by atoms with van der Waals surface area (Å²) in [6.07, 6.45) is 22.5. The zero-order valence-electron chi connectivity index (χ0n) is 45.2. The van der Waals surface area contributed by atoms with Crippen LogP contribution in [0, 0.1) is 62.2 Å². The van der Waals surface area contributed by atoms with Crippen LogP contribution in [-0.4, -0.2) is 65.7 Å². The Bertz CT molecular complexity index is 1990. The molecule has 0 saturated carbocycles. The second-order valence-corrected chi connectivity index (χ2v) is 16.3. The van der Waals surface area contributed by atoms with Gasteiger partial charge in [-0.05, 0) is 150 Å². The molecule has 1 radical (unpaired) electrons. The predicted octanol–water partition coefficient (Wildman–Crippen LogP) is 3.60. The van der Waals surface area contributed by atoms with Crippen molar-refractivity contribution in [2.45, 2.75) is 135 Å². The van der Waals surface area contributed by atoms with E-state index >= 15 is 0 Å². The van der Waals surface area contributed by atoms with Crippen LogP contribution < -0.4 is 30.6 Å². The Labute approximate surface area is 536 Å². The molecular weight excluding hydrogens is 1560 g/mol. The number of aliphatic carboxylic acids is 6. The fourth-order valence-corrected chi connectivity index (χ4v) is 6.29. The van der Waals surface area contributed by atoms with Gasteiger partial charge in [0.05, 0.1) is 34.2 Å². The van der Waals surface area contributed by atoms with Crippen molar-refractivity contribution in [3.8, 4) is 34.2 Å². The summed E-state index contributed by atoms with van der Waals surface area (Å²) >= 11 is 0. The minimum atomic E-state index is -1.02. The second-order valence-electron chi connectivity index (χ2n) is 16.3. The Kier molecular flexibility index (Phi) is 68.8. The first-order chi connectivity index (χ1) is 36.3. The van der Waals surface area contributed by atoms with E-state index in [1.54, 1.807) is 37.2 Å². The van der Waals surface area contributed by atoms with Gasteiger partial charge in [0.15, 0.2) is 0 Å². The van der Waals surface area contributed by atoms with Gasteiger partial charge in [-0.25, -0.2) is 0 Å². The first-order valence-electron chi connectivity index (χ1n) is 24.9. The van der Waals surface area contributed by atoms with Crippen LogP contribution in [0.3, 0.4) is 0 Å². The normalized spacial score (nSPS) is 8.93. The van der Waals surface area contributed by atoms with Crippen LogP contribution in [0.4, 0.5) is 0 Å². The molecule has 0 fully saturated rings. The van der Waals surface area contributed by atoms with Gasteiger partial charge in [-0.3, -0.25) is 29.9 Å². The van der Waals surface area contributed by atoms with Gasteiger partial charge >= 0.3 is 16.5 Å². The van der Waals surface area contributed by atoms with Crippen molar-refractivity contribution in [3.05, 3.63) is 146 Å². The molecule has 25 heteroatoms. The largest absolute Gasteiger partial charge is 3.00 e. The van der Waals surface area contributed by atoms with Crippen LogP contribution in [0.2, 0.25) is 0 Å².